The number of ketones is 1. The smallest absolute Gasteiger partial charge is 0.293 e. The maximum absolute atomic E-state index is 10.9. The van der Waals surface area contributed by atoms with Gasteiger partial charge < -0.3 is 0 Å². The molecule has 0 fully saturated rings. The van der Waals surface area contributed by atoms with Crippen molar-refractivity contribution in [3.8, 4) is 0 Å². The number of anilines is 1. The van der Waals surface area contributed by atoms with Gasteiger partial charge in [-0.3, -0.25) is 9.35 Å². The number of hydrogen-bond donors (Lipinski definition) is 2. The summed E-state index contributed by atoms with van der Waals surface area (Å²) in [6.45, 7) is 1.21. The van der Waals surface area contributed by atoms with E-state index in [-0.39, 0.29) is 11.5 Å². The van der Waals surface area contributed by atoms with Crippen molar-refractivity contribution in [3.63, 3.8) is 0 Å². The molecule has 0 unspecified atom stereocenters. The first-order valence-corrected chi connectivity index (χ1v) is 4.91. The molecule has 0 aromatic carbocycles. The molecule has 1 heterocycles. The highest BCUT2D eigenvalue weighted by atomic mass is 32.2. The topological polar surface area (TPSA) is 109 Å². The van der Waals surface area contributed by atoms with Crippen molar-refractivity contribution in [2.75, 3.05) is 4.72 Å². The SMILES string of the molecule is CC(=O)c1nccnc1NS(=O)(=O)O. The summed E-state index contributed by atoms with van der Waals surface area (Å²) >= 11 is 0. The third-order valence-electron chi connectivity index (χ3n) is 1.26. The van der Waals surface area contributed by atoms with Crippen molar-refractivity contribution in [1.29, 1.82) is 0 Å². The molecule has 14 heavy (non-hydrogen) atoms. The number of nitrogens with one attached hydrogen (secondary N) is 1. The monoisotopic (exact) mass is 217 g/mol. The molecule has 0 aliphatic carbocycles. The number of carbonyl (C=O) groups is 1. The molecule has 0 aliphatic heterocycles. The summed E-state index contributed by atoms with van der Waals surface area (Å²) in [6, 6.07) is 0. The second-order valence-corrected chi connectivity index (χ2v) is 3.54. The first kappa shape index (κ1) is 10.5. The first-order chi connectivity index (χ1) is 6.40. The number of nitrogens with zero attached hydrogens (tertiary/aromatic N) is 2. The van der Waals surface area contributed by atoms with Crippen LogP contribution in [0.3, 0.4) is 0 Å². The van der Waals surface area contributed by atoms with E-state index in [0.717, 1.165) is 0 Å². The second kappa shape index (κ2) is 3.68. The van der Waals surface area contributed by atoms with Crippen molar-refractivity contribution >= 4 is 21.9 Å². The number of aromatic nitrogens is 2. The Morgan fingerprint density at radius 3 is 2.50 bits per heavy atom. The van der Waals surface area contributed by atoms with Gasteiger partial charge in [0.05, 0.1) is 0 Å². The minimum Gasteiger partial charge on any atom is -0.293 e. The highest BCUT2D eigenvalue weighted by molar-refractivity contribution is 7.87. The molecular weight excluding hydrogens is 210 g/mol. The third kappa shape index (κ3) is 2.75. The lowest BCUT2D eigenvalue weighted by molar-refractivity contribution is 0.101. The van der Waals surface area contributed by atoms with Gasteiger partial charge in [-0.1, -0.05) is 0 Å². The van der Waals surface area contributed by atoms with Crippen molar-refractivity contribution < 1.29 is 17.8 Å². The predicted octanol–water partition coefficient (Wildman–Crippen LogP) is -0.106. The Kier molecular flexibility index (Phi) is 2.77. The quantitative estimate of drug-likeness (QED) is 0.540. The molecular formula is C6H7N3O4S. The second-order valence-electron chi connectivity index (χ2n) is 2.39. The van der Waals surface area contributed by atoms with Gasteiger partial charge in [0.2, 0.25) is 0 Å². The van der Waals surface area contributed by atoms with Crippen molar-refractivity contribution in [1.82, 2.24) is 9.97 Å². The van der Waals surface area contributed by atoms with Crippen LogP contribution in [0.4, 0.5) is 5.82 Å². The van der Waals surface area contributed by atoms with E-state index in [1.54, 1.807) is 4.72 Å². The van der Waals surface area contributed by atoms with Gasteiger partial charge in [-0.25, -0.2) is 14.7 Å². The van der Waals surface area contributed by atoms with Gasteiger partial charge in [-0.15, -0.1) is 0 Å². The molecule has 1 rings (SSSR count). The molecule has 0 amide bonds. The van der Waals surface area contributed by atoms with E-state index >= 15 is 0 Å². The maximum atomic E-state index is 10.9. The van der Waals surface area contributed by atoms with Gasteiger partial charge in [-0.2, -0.15) is 8.42 Å². The van der Waals surface area contributed by atoms with E-state index in [9.17, 15) is 13.2 Å². The molecule has 0 atom stereocenters. The molecule has 7 nitrogen and oxygen atoms in total. The Hall–Kier alpha value is -1.54. The van der Waals surface area contributed by atoms with Crippen LogP contribution in [0.5, 0.6) is 0 Å². The molecule has 76 valence electrons. The van der Waals surface area contributed by atoms with Gasteiger partial charge >= 0.3 is 10.3 Å². The summed E-state index contributed by atoms with van der Waals surface area (Å²) in [4.78, 5) is 18.1. The number of hydrogen-bond acceptors (Lipinski definition) is 5. The van der Waals surface area contributed by atoms with E-state index < -0.39 is 16.1 Å². The highest BCUT2D eigenvalue weighted by Crippen LogP contribution is 2.09. The summed E-state index contributed by atoms with van der Waals surface area (Å²) in [5, 5.41) is 0. The van der Waals surface area contributed by atoms with Crippen LogP contribution in [0.15, 0.2) is 12.4 Å². The minimum atomic E-state index is -4.44. The summed E-state index contributed by atoms with van der Waals surface area (Å²) in [7, 11) is -4.44. The zero-order valence-corrected chi connectivity index (χ0v) is 7.95. The Balaban J connectivity index is 3.15. The van der Waals surface area contributed by atoms with Crippen LogP contribution in [0.1, 0.15) is 17.4 Å². The molecule has 0 aliphatic rings. The van der Waals surface area contributed by atoms with E-state index in [2.05, 4.69) is 9.97 Å². The van der Waals surface area contributed by atoms with Crippen LogP contribution in [-0.4, -0.2) is 28.7 Å². The van der Waals surface area contributed by atoms with Crippen LogP contribution in [0.25, 0.3) is 0 Å². The molecule has 0 saturated heterocycles. The molecule has 2 N–H and O–H groups in total. The Bertz CT molecular complexity index is 456. The third-order valence-corrected chi connectivity index (χ3v) is 1.71. The van der Waals surface area contributed by atoms with Gasteiger partial charge in [0, 0.05) is 19.3 Å². The molecule has 0 bridgehead atoms. The zero-order valence-electron chi connectivity index (χ0n) is 7.13. The predicted molar refractivity (Wildman–Crippen MR) is 47.2 cm³/mol. The normalized spacial score (nSPS) is 11.0. The van der Waals surface area contributed by atoms with Crippen LogP contribution in [0, 0.1) is 0 Å². The molecule has 8 heteroatoms. The van der Waals surface area contributed by atoms with Gasteiger partial charge in [0.25, 0.3) is 0 Å². The summed E-state index contributed by atoms with van der Waals surface area (Å²) in [5.41, 5.74) is -0.148. The van der Waals surface area contributed by atoms with Gasteiger partial charge in [0.1, 0.15) is 5.69 Å². The molecule has 0 saturated carbocycles. The number of rotatable bonds is 3. The Labute approximate surface area is 80.1 Å². The van der Waals surface area contributed by atoms with E-state index in [1.807, 2.05) is 0 Å². The fourth-order valence-corrected chi connectivity index (χ4v) is 1.19. The average molecular weight is 217 g/mol. The standard InChI is InChI=1S/C6H7N3O4S/c1-4(10)5-6(8-3-2-7-5)9-14(11,12)13/h2-3H,1H3,(H,8,9)(H,11,12,13). The lowest BCUT2D eigenvalue weighted by atomic mass is 10.3. The van der Waals surface area contributed by atoms with Crippen LogP contribution in [-0.2, 0) is 10.3 Å². The average Bonchev–Trinajstić information content (AvgIpc) is 2.01. The van der Waals surface area contributed by atoms with Crippen LogP contribution >= 0.6 is 0 Å². The summed E-state index contributed by atoms with van der Waals surface area (Å²) < 4.78 is 31.0. The largest absolute Gasteiger partial charge is 0.358 e. The van der Waals surface area contributed by atoms with E-state index in [0.29, 0.717) is 0 Å². The lowest BCUT2D eigenvalue weighted by Crippen LogP contribution is -2.15. The minimum absolute atomic E-state index is 0.148. The van der Waals surface area contributed by atoms with Crippen LogP contribution < -0.4 is 4.72 Å². The zero-order chi connectivity index (χ0) is 10.8. The molecule has 1 aromatic rings. The van der Waals surface area contributed by atoms with Crippen LogP contribution in [0.2, 0.25) is 0 Å². The Morgan fingerprint density at radius 2 is 2.00 bits per heavy atom. The maximum Gasteiger partial charge on any atom is 0.358 e. The van der Waals surface area contributed by atoms with E-state index in [4.69, 9.17) is 4.55 Å². The fourth-order valence-electron chi connectivity index (χ4n) is 0.793. The summed E-state index contributed by atoms with van der Waals surface area (Å²) in [5.74, 6) is -0.744. The van der Waals surface area contributed by atoms with E-state index in [1.165, 1.54) is 19.3 Å². The highest BCUT2D eigenvalue weighted by Gasteiger charge is 2.13. The Morgan fingerprint density at radius 1 is 1.43 bits per heavy atom. The van der Waals surface area contributed by atoms with Crippen molar-refractivity contribution in [2.24, 2.45) is 0 Å². The summed E-state index contributed by atoms with van der Waals surface area (Å²) in [6.07, 6.45) is 2.44. The molecule has 1 aromatic heterocycles. The van der Waals surface area contributed by atoms with Gasteiger partial charge in [-0.05, 0) is 0 Å². The number of carbonyl (C=O) groups excluding carboxylic acids is 1. The van der Waals surface area contributed by atoms with Crippen molar-refractivity contribution in [2.45, 2.75) is 6.92 Å². The molecule has 0 radical (unpaired) electrons. The van der Waals surface area contributed by atoms with Gasteiger partial charge in [0.15, 0.2) is 11.6 Å². The number of Topliss-reactive ketones (excluding diaryl/α,β-unsaturated/α-hetero) is 1. The fraction of sp³-hybridized carbons (Fsp3) is 0.167. The van der Waals surface area contributed by atoms with Crippen molar-refractivity contribution in [3.05, 3.63) is 18.1 Å². The molecule has 0 spiro atoms. The first-order valence-electron chi connectivity index (χ1n) is 3.47. The lowest BCUT2D eigenvalue weighted by Gasteiger charge is -2.03.